The molecular formula is C23H24N8O. The van der Waals surface area contributed by atoms with Crippen LogP contribution in [0, 0.1) is 6.92 Å². The maximum absolute atomic E-state index is 13.2. The van der Waals surface area contributed by atoms with Crippen molar-refractivity contribution in [2.45, 2.75) is 39.7 Å². The number of tetrazole rings is 1. The lowest BCUT2D eigenvalue weighted by molar-refractivity contribution is 0.0939. The first-order valence-electron chi connectivity index (χ1n) is 10.4. The number of nitrogens with zero attached hydrogens (tertiary/aromatic N) is 7. The average molecular weight is 429 g/mol. The van der Waals surface area contributed by atoms with Crippen LogP contribution in [0.1, 0.15) is 60.2 Å². The first kappa shape index (κ1) is 21.2. The van der Waals surface area contributed by atoms with Crippen LogP contribution in [0.25, 0.3) is 16.9 Å². The van der Waals surface area contributed by atoms with Crippen LogP contribution in [-0.4, -0.2) is 41.1 Å². The van der Waals surface area contributed by atoms with Gasteiger partial charge in [-0.2, -0.15) is 4.68 Å². The summed E-state index contributed by atoms with van der Waals surface area (Å²) in [6.45, 7) is 7.88. The van der Waals surface area contributed by atoms with E-state index in [4.69, 9.17) is 0 Å². The summed E-state index contributed by atoms with van der Waals surface area (Å²) in [4.78, 5) is 26.0. The summed E-state index contributed by atoms with van der Waals surface area (Å²) in [6.07, 6.45) is 6.64. The fraction of sp³-hybridized carbons (Fsp3) is 0.261. The maximum atomic E-state index is 13.2. The van der Waals surface area contributed by atoms with Crippen LogP contribution in [-0.2, 0) is 0 Å². The Hall–Kier alpha value is -4.01. The van der Waals surface area contributed by atoms with Gasteiger partial charge >= 0.3 is 0 Å². The van der Waals surface area contributed by atoms with Gasteiger partial charge < -0.3 is 5.32 Å². The van der Waals surface area contributed by atoms with Gasteiger partial charge in [0.2, 0.25) is 0 Å². The molecule has 162 valence electrons. The van der Waals surface area contributed by atoms with Crippen molar-refractivity contribution in [1.29, 1.82) is 0 Å². The fourth-order valence-electron chi connectivity index (χ4n) is 3.28. The first-order chi connectivity index (χ1) is 15.4. The molecule has 1 unspecified atom stereocenters. The topological polar surface area (TPSA) is 111 Å². The summed E-state index contributed by atoms with van der Waals surface area (Å²) in [6, 6.07) is 9.14. The number of aromatic nitrogens is 7. The minimum atomic E-state index is -0.305. The largest absolute Gasteiger partial charge is 0.344 e. The van der Waals surface area contributed by atoms with Gasteiger partial charge in [0.05, 0.1) is 29.3 Å². The van der Waals surface area contributed by atoms with Crippen molar-refractivity contribution in [3.05, 3.63) is 77.8 Å². The maximum Gasteiger partial charge on any atom is 0.251 e. The van der Waals surface area contributed by atoms with Gasteiger partial charge in [-0.1, -0.05) is 19.9 Å². The van der Waals surface area contributed by atoms with Crippen molar-refractivity contribution in [2.75, 3.05) is 0 Å². The molecule has 0 fully saturated rings. The van der Waals surface area contributed by atoms with Crippen molar-refractivity contribution in [2.24, 2.45) is 0 Å². The smallest absolute Gasteiger partial charge is 0.251 e. The molecule has 0 radical (unpaired) electrons. The highest BCUT2D eigenvalue weighted by atomic mass is 16.1. The molecule has 3 heterocycles. The van der Waals surface area contributed by atoms with Crippen molar-refractivity contribution in [3.8, 4) is 16.9 Å². The van der Waals surface area contributed by atoms with Gasteiger partial charge in [-0.05, 0) is 54.1 Å². The van der Waals surface area contributed by atoms with E-state index in [1.165, 1.54) is 0 Å². The Labute approximate surface area is 186 Å². The van der Waals surface area contributed by atoms with Crippen LogP contribution >= 0.6 is 0 Å². The minimum absolute atomic E-state index is 0.111. The van der Waals surface area contributed by atoms with Crippen LogP contribution in [0.2, 0.25) is 0 Å². The van der Waals surface area contributed by atoms with Crippen LogP contribution < -0.4 is 5.32 Å². The van der Waals surface area contributed by atoms with Gasteiger partial charge in [0.25, 0.3) is 5.91 Å². The van der Waals surface area contributed by atoms with Gasteiger partial charge in [-0.15, -0.1) is 5.10 Å². The lowest BCUT2D eigenvalue weighted by atomic mass is 10.0. The average Bonchev–Trinajstić information content (AvgIpc) is 3.30. The van der Waals surface area contributed by atoms with E-state index < -0.39 is 0 Å². The number of carbonyl (C=O) groups is 1. The number of pyridine rings is 1. The molecule has 0 saturated heterocycles. The highest BCUT2D eigenvalue weighted by Crippen LogP contribution is 2.25. The standard InChI is InChI=1S/C23H24N8O/c1-14(2)22-28-29-30-31(22)19-10-17(20-6-5-15(3)12-26-20)9-18(11-19)23(32)27-16(4)21-13-24-7-8-25-21/h5-14,16H,1-4H3,(H,27,32). The Balaban J connectivity index is 1.75. The van der Waals surface area contributed by atoms with E-state index in [1.807, 2.05) is 52.0 Å². The van der Waals surface area contributed by atoms with Crippen LogP contribution in [0.4, 0.5) is 0 Å². The zero-order valence-corrected chi connectivity index (χ0v) is 18.4. The van der Waals surface area contributed by atoms with E-state index in [1.54, 1.807) is 35.5 Å². The summed E-state index contributed by atoms with van der Waals surface area (Å²) in [5.41, 5.74) is 4.46. The molecule has 1 atom stereocenters. The van der Waals surface area contributed by atoms with Crippen LogP contribution in [0.15, 0.2) is 55.1 Å². The van der Waals surface area contributed by atoms with Crippen molar-refractivity contribution < 1.29 is 4.79 Å². The number of hydrogen-bond donors (Lipinski definition) is 1. The number of aryl methyl sites for hydroxylation is 1. The monoisotopic (exact) mass is 428 g/mol. The molecule has 32 heavy (non-hydrogen) atoms. The minimum Gasteiger partial charge on any atom is -0.344 e. The third-order valence-corrected chi connectivity index (χ3v) is 5.02. The zero-order valence-electron chi connectivity index (χ0n) is 18.4. The summed E-state index contributed by atoms with van der Waals surface area (Å²) in [5.74, 6) is 0.580. The predicted molar refractivity (Wildman–Crippen MR) is 119 cm³/mol. The summed E-state index contributed by atoms with van der Waals surface area (Å²) >= 11 is 0. The van der Waals surface area contributed by atoms with Gasteiger partial charge in [0, 0.05) is 35.6 Å². The lowest BCUT2D eigenvalue weighted by Gasteiger charge is -2.15. The molecule has 0 aliphatic heterocycles. The van der Waals surface area contributed by atoms with Crippen molar-refractivity contribution >= 4 is 5.91 Å². The molecule has 9 heteroatoms. The molecule has 4 aromatic rings. The molecule has 3 aromatic heterocycles. The third kappa shape index (κ3) is 4.51. The van der Waals surface area contributed by atoms with Crippen LogP contribution in [0.3, 0.4) is 0 Å². The molecule has 0 bridgehead atoms. The van der Waals surface area contributed by atoms with Crippen molar-refractivity contribution in [3.63, 3.8) is 0 Å². The fourth-order valence-corrected chi connectivity index (χ4v) is 3.28. The number of amides is 1. The molecule has 1 amide bonds. The highest BCUT2D eigenvalue weighted by molar-refractivity contribution is 5.96. The van der Waals surface area contributed by atoms with Crippen LogP contribution in [0.5, 0.6) is 0 Å². The first-order valence-corrected chi connectivity index (χ1v) is 10.4. The SMILES string of the molecule is Cc1ccc(-c2cc(C(=O)NC(C)c3cnccn3)cc(-n3nnnc3C(C)C)c2)nc1. The quantitative estimate of drug-likeness (QED) is 0.501. The Morgan fingerprint density at radius 2 is 1.88 bits per heavy atom. The summed E-state index contributed by atoms with van der Waals surface area (Å²) in [7, 11) is 0. The molecule has 0 spiro atoms. The molecular weight excluding hydrogens is 404 g/mol. The van der Waals surface area contributed by atoms with E-state index in [2.05, 4.69) is 35.8 Å². The number of benzene rings is 1. The second-order valence-electron chi connectivity index (χ2n) is 7.92. The second kappa shape index (κ2) is 9.01. The molecule has 0 saturated carbocycles. The van der Waals surface area contributed by atoms with Crippen molar-refractivity contribution in [1.82, 2.24) is 40.5 Å². The normalized spacial score (nSPS) is 12.0. The molecule has 0 aliphatic rings. The number of rotatable bonds is 6. The van der Waals surface area contributed by atoms with E-state index in [-0.39, 0.29) is 17.9 Å². The van der Waals surface area contributed by atoms with Gasteiger partial charge in [-0.25, -0.2) is 0 Å². The number of nitrogens with one attached hydrogen (secondary N) is 1. The molecule has 0 aliphatic carbocycles. The number of carbonyl (C=O) groups excluding carboxylic acids is 1. The Morgan fingerprint density at radius 3 is 2.56 bits per heavy atom. The predicted octanol–water partition coefficient (Wildman–Crippen LogP) is 3.44. The Morgan fingerprint density at radius 1 is 1.03 bits per heavy atom. The zero-order chi connectivity index (χ0) is 22.7. The number of hydrogen-bond acceptors (Lipinski definition) is 7. The molecule has 1 N–H and O–H groups in total. The van der Waals surface area contributed by atoms with E-state index in [0.717, 1.165) is 16.8 Å². The van der Waals surface area contributed by atoms with E-state index in [9.17, 15) is 4.79 Å². The van der Waals surface area contributed by atoms with Gasteiger partial charge in [-0.3, -0.25) is 19.7 Å². The van der Waals surface area contributed by atoms with Gasteiger partial charge in [0.1, 0.15) is 0 Å². The Bertz CT molecular complexity index is 1220. The second-order valence-corrected chi connectivity index (χ2v) is 7.92. The molecule has 4 rings (SSSR count). The van der Waals surface area contributed by atoms with E-state index in [0.29, 0.717) is 22.8 Å². The Kier molecular flexibility index (Phi) is 5.98. The third-order valence-electron chi connectivity index (χ3n) is 5.02. The highest BCUT2D eigenvalue weighted by Gasteiger charge is 2.18. The summed E-state index contributed by atoms with van der Waals surface area (Å²) in [5, 5.41) is 15.1. The lowest BCUT2D eigenvalue weighted by Crippen LogP contribution is -2.27. The van der Waals surface area contributed by atoms with E-state index >= 15 is 0 Å². The van der Waals surface area contributed by atoms with Gasteiger partial charge in [0.15, 0.2) is 5.82 Å². The summed E-state index contributed by atoms with van der Waals surface area (Å²) < 4.78 is 1.66. The molecule has 9 nitrogen and oxygen atoms in total. The molecule has 1 aromatic carbocycles.